The van der Waals surface area contributed by atoms with Gasteiger partial charge in [0.1, 0.15) is 23.9 Å². The topological polar surface area (TPSA) is 72.0 Å². The summed E-state index contributed by atoms with van der Waals surface area (Å²) >= 11 is 0. The van der Waals surface area contributed by atoms with Crippen molar-refractivity contribution in [3.8, 4) is 11.5 Å². The maximum Gasteiger partial charge on any atom is 0.217 e. The van der Waals surface area contributed by atoms with E-state index in [0.29, 0.717) is 31.9 Å². The predicted molar refractivity (Wildman–Crippen MR) is 100 cm³/mol. The zero-order valence-electron chi connectivity index (χ0n) is 14.7. The molecular weight excluding hydrogens is 354 g/mol. The largest absolute Gasteiger partial charge is 0.497 e. The van der Waals surface area contributed by atoms with Gasteiger partial charge in [0.05, 0.1) is 12.9 Å². The molecular formula is C18H23N3O4S. The highest BCUT2D eigenvalue weighted by Gasteiger charge is 2.27. The second kappa shape index (κ2) is 8.37. The summed E-state index contributed by atoms with van der Waals surface area (Å²) in [6.45, 7) is 2.31. The number of sulfonamides is 1. The summed E-state index contributed by atoms with van der Waals surface area (Å²) in [6.07, 6.45) is 1.74. The van der Waals surface area contributed by atoms with Crippen LogP contribution in [0.25, 0.3) is 0 Å². The van der Waals surface area contributed by atoms with Gasteiger partial charge in [0.25, 0.3) is 0 Å². The average Bonchev–Trinajstić information content (AvgIpc) is 2.69. The van der Waals surface area contributed by atoms with Crippen molar-refractivity contribution in [3.63, 3.8) is 0 Å². The molecule has 2 aromatic rings. The molecule has 0 N–H and O–H groups in total. The van der Waals surface area contributed by atoms with Crippen molar-refractivity contribution < 1.29 is 17.9 Å². The molecule has 7 nitrogen and oxygen atoms in total. The third kappa shape index (κ3) is 4.64. The van der Waals surface area contributed by atoms with E-state index in [1.165, 1.54) is 4.31 Å². The summed E-state index contributed by atoms with van der Waals surface area (Å²) in [5.74, 6) is 2.20. The predicted octanol–water partition coefficient (Wildman–Crippen LogP) is 1.62. The SMILES string of the molecule is COc1ccc(OCCS(=O)(=O)N2CCN(c3ccccn3)CC2)cc1. The molecule has 1 saturated heterocycles. The zero-order chi connectivity index (χ0) is 18.4. The molecule has 0 atom stereocenters. The smallest absolute Gasteiger partial charge is 0.217 e. The van der Waals surface area contributed by atoms with Crippen molar-refractivity contribution >= 4 is 15.8 Å². The summed E-state index contributed by atoms with van der Waals surface area (Å²) in [7, 11) is -1.74. The summed E-state index contributed by atoms with van der Waals surface area (Å²) in [5, 5.41) is 0. The average molecular weight is 377 g/mol. The van der Waals surface area contributed by atoms with Gasteiger partial charge in [-0.15, -0.1) is 0 Å². The normalized spacial score (nSPS) is 15.7. The van der Waals surface area contributed by atoms with E-state index in [-0.39, 0.29) is 12.4 Å². The Hall–Kier alpha value is -2.32. The van der Waals surface area contributed by atoms with Crippen LogP contribution in [0.1, 0.15) is 0 Å². The van der Waals surface area contributed by atoms with Gasteiger partial charge in [0, 0.05) is 32.4 Å². The zero-order valence-corrected chi connectivity index (χ0v) is 15.6. The first-order valence-corrected chi connectivity index (χ1v) is 10.1. The molecule has 2 heterocycles. The van der Waals surface area contributed by atoms with Gasteiger partial charge < -0.3 is 14.4 Å². The molecule has 1 aromatic heterocycles. The number of hydrogen-bond acceptors (Lipinski definition) is 6. The van der Waals surface area contributed by atoms with E-state index < -0.39 is 10.0 Å². The van der Waals surface area contributed by atoms with E-state index in [2.05, 4.69) is 9.88 Å². The molecule has 140 valence electrons. The number of hydrogen-bond donors (Lipinski definition) is 0. The Bertz CT molecular complexity index is 789. The number of pyridine rings is 1. The fourth-order valence-corrected chi connectivity index (χ4v) is 4.07. The second-order valence-electron chi connectivity index (χ2n) is 5.91. The summed E-state index contributed by atoms with van der Waals surface area (Å²) in [5.41, 5.74) is 0. The third-order valence-electron chi connectivity index (χ3n) is 4.27. The van der Waals surface area contributed by atoms with Crippen molar-refractivity contribution in [3.05, 3.63) is 48.7 Å². The van der Waals surface area contributed by atoms with Crippen LogP contribution in [-0.4, -0.2) is 63.4 Å². The highest BCUT2D eigenvalue weighted by atomic mass is 32.2. The number of ether oxygens (including phenoxy) is 2. The number of benzene rings is 1. The van der Waals surface area contributed by atoms with Crippen LogP contribution in [0.15, 0.2) is 48.7 Å². The molecule has 1 aliphatic heterocycles. The number of rotatable bonds is 7. The Labute approximate surface area is 154 Å². The van der Waals surface area contributed by atoms with Crippen LogP contribution >= 0.6 is 0 Å². The monoisotopic (exact) mass is 377 g/mol. The number of anilines is 1. The lowest BCUT2D eigenvalue weighted by molar-refractivity contribution is 0.330. The lowest BCUT2D eigenvalue weighted by Gasteiger charge is -2.34. The van der Waals surface area contributed by atoms with Crippen LogP contribution < -0.4 is 14.4 Å². The lowest BCUT2D eigenvalue weighted by atomic mass is 10.3. The number of methoxy groups -OCH3 is 1. The Balaban J connectivity index is 1.48. The van der Waals surface area contributed by atoms with E-state index >= 15 is 0 Å². The van der Waals surface area contributed by atoms with E-state index in [4.69, 9.17) is 9.47 Å². The maximum atomic E-state index is 12.5. The van der Waals surface area contributed by atoms with Crippen LogP contribution in [0.3, 0.4) is 0 Å². The summed E-state index contributed by atoms with van der Waals surface area (Å²) < 4.78 is 37.2. The van der Waals surface area contributed by atoms with Gasteiger partial charge in [-0.05, 0) is 36.4 Å². The Morgan fingerprint density at radius 1 is 1.00 bits per heavy atom. The van der Waals surface area contributed by atoms with E-state index in [9.17, 15) is 8.42 Å². The highest BCUT2D eigenvalue weighted by molar-refractivity contribution is 7.89. The molecule has 0 bridgehead atoms. The number of aromatic nitrogens is 1. The Morgan fingerprint density at radius 2 is 1.69 bits per heavy atom. The minimum atomic E-state index is -3.34. The van der Waals surface area contributed by atoms with Gasteiger partial charge in [-0.25, -0.2) is 13.4 Å². The quantitative estimate of drug-likeness (QED) is 0.730. The van der Waals surface area contributed by atoms with E-state index in [1.807, 2.05) is 18.2 Å². The van der Waals surface area contributed by atoms with Crippen LogP contribution in [0.4, 0.5) is 5.82 Å². The van der Waals surface area contributed by atoms with Crippen molar-refractivity contribution in [1.82, 2.24) is 9.29 Å². The Morgan fingerprint density at radius 3 is 2.31 bits per heavy atom. The molecule has 1 aromatic carbocycles. The fourth-order valence-electron chi connectivity index (χ4n) is 2.80. The van der Waals surface area contributed by atoms with Crippen LogP contribution in [0, 0.1) is 0 Å². The van der Waals surface area contributed by atoms with Crippen LogP contribution in [0.5, 0.6) is 11.5 Å². The van der Waals surface area contributed by atoms with Gasteiger partial charge in [-0.2, -0.15) is 4.31 Å². The minimum Gasteiger partial charge on any atom is -0.497 e. The van der Waals surface area contributed by atoms with E-state index in [0.717, 1.165) is 11.6 Å². The van der Waals surface area contributed by atoms with Crippen molar-refractivity contribution in [1.29, 1.82) is 0 Å². The molecule has 0 unspecified atom stereocenters. The van der Waals surface area contributed by atoms with Gasteiger partial charge in [-0.1, -0.05) is 6.07 Å². The first-order valence-electron chi connectivity index (χ1n) is 8.49. The molecule has 0 radical (unpaired) electrons. The van der Waals surface area contributed by atoms with Crippen LogP contribution in [0.2, 0.25) is 0 Å². The highest BCUT2D eigenvalue weighted by Crippen LogP contribution is 2.18. The van der Waals surface area contributed by atoms with Gasteiger partial charge in [-0.3, -0.25) is 0 Å². The molecule has 0 aliphatic carbocycles. The fraction of sp³-hybridized carbons (Fsp3) is 0.389. The van der Waals surface area contributed by atoms with Gasteiger partial charge in [0.15, 0.2) is 0 Å². The standard InChI is InChI=1S/C18H23N3O4S/c1-24-16-5-7-17(8-6-16)25-14-15-26(22,23)21-12-10-20(11-13-21)18-4-2-3-9-19-18/h2-9H,10-15H2,1H3. The van der Waals surface area contributed by atoms with Crippen molar-refractivity contribution in [2.24, 2.45) is 0 Å². The summed E-state index contributed by atoms with van der Waals surface area (Å²) in [4.78, 5) is 6.41. The molecule has 1 aliphatic rings. The second-order valence-corrected chi connectivity index (χ2v) is 8.00. The maximum absolute atomic E-state index is 12.5. The van der Waals surface area contributed by atoms with E-state index in [1.54, 1.807) is 37.6 Å². The van der Waals surface area contributed by atoms with Crippen molar-refractivity contribution in [2.45, 2.75) is 0 Å². The molecule has 0 amide bonds. The first-order chi connectivity index (χ1) is 12.6. The molecule has 0 saturated carbocycles. The summed E-state index contributed by atoms with van der Waals surface area (Å²) in [6, 6.07) is 12.8. The molecule has 26 heavy (non-hydrogen) atoms. The number of piperazine rings is 1. The van der Waals surface area contributed by atoms with Gasteiger partial charge >= 0.3 is 0 Å². The first kappa shape index (κ1) is 18.5. The molecule has 8 heteroatoms. The number of nitrogens with zero attached hydrogens (tertiary/aromatic N) is 3. The molecule has 1 fully saturated rings. The van der Waals surface area contributed by atoms with Crippen LogP contribution in [-0.2, 0) is 10.0 Å². The molecule has 3 rings (SSSR count). The molecule has 0 spiro atoms. The lowest BCUT2D eigenvalue weighted by Crippen LogP contribution is -2.49. The third-order valence-corrected chi connectivity index (χ3v) is 6.11. The Kier molecular flexibility index (Phi) is 5.95. The minimum absolute atomic E-state index is 0.0391. The van der Waals surface area contributed by atoms with Crippen molar-refractivity contribution in [2.75, 3.05) is 50.5 Å². The van der Waals surface area contributed by atoms with Gasteiger partial charge in [0.2, 0.25) is 10.0 Å².